The van der Waals surface area contributed by atoms with Crippen molar-refractivity contribution in [2.45, 2.75) is 49.6 Å². The molecule has 0 aliphatic heterocycles. The number of hydrogen-bond donors (Lipinski definition) is 2. The van der Waals surface area contributed by atoms with Crippen molar-refractivity contribution < 1.29 is 13.5 Å². The van der Waals surface area contributed by atoms with Crippen LogP contribution in [0.15, 0.2) is 35.6 Å². The highest BCUT2D eigenvalue weighted by Gasteiger charge is 2.31. The van der Waals surface area contributed by atoms with E-state index in [1.54, 1.807) is 36.0 Å². The van der Waals surface area contributed by atoms with Crippen LogP contribution in [0.2, 0.25) is 0 Å². The lowest BCUT2D eigenvalue weighted by atomic mass is 9.93. The number of anilines is 1. The number of nitrogen functional groups attached to an aromatic ring is 1. The van der Waals surface area contributed by atoms with Crippen molar-refractivity contribution in [2.75, 3.05) is 12.8 Å². The Morgan fingerprint density at radius 3 is 2.66 bits per heavy atom. The molecule has 1 aromatic carbocycles. The molecule has 0 amide bonds. The number of nitrogens with two attached hydrogens (primary N) is 1. The molecule has 0 bridgehead atoms. The minimum atomic E-state index is -3.68. The highest BCUT2D eigenvalue weighted by atomic mass is 32.2. The lowest BCUT2D eigenvalue weighted by molar-refractivity contribution is 0.104. The van der Waals surface area contributed by atoms with Gasteiger partial charge in [0.1, 0.15) is 6.33 Å². The molecule has 10 heteroatoms. The summed E-state index contributed by atoms with van der Waals surface area (Å²) in [5.41, 5.74) is 8.54. The van der Waals surface area contributed by atoms with Gasteiger partial charge >= 0.3 is 0 Å². The van der Waals surface area contributed by atoms with Crippen LogP contribution in [0.4, 0.5) is 5.82 Å². The summed E-state index contributed by atoms with van der Waals surface area (Å²) in [7, 11) is -2.07. The Balaban J connectivity index is 1.74. The zero-order chi connectivity index (χ0) is 20.8. The second-order valence-electron chi connectivity index (χ2n) is 7.48. The zero-order valence-electron chi connectivity index (χ0n) is 16.4. The van der Waals surface area contributed by atoms with Crippen molar-refractivity contribution in [3.05, 3.63) is 36.3 Å². The van der Waals surface area contributed by atoms with Gasteiger partial charge in [-0.25, -0.2) is 22.9 Å². The van der Waals surface area contributed by atoms with Gasteiger partial charge < -0.3 is 10.8 Å². The van der Waals surface area contributed by atoms with E-state index < -0.39 is 10.0 Å². The van der Waals surface area contributed by atoms with E-state index in [0.29, 0.717) is 42.6 Å². The van der Waals surface area contributed by atoms with Gasteiger partial charge in [-0.2, -0.15) is 9.40 Å². The molecule has 2 aromatic heterocycles. The van der Waals surface area contributed by atoms with E-state index in [2.05, 4.69) is 15.1 Å². The maximum absolute atomic E-state index is 13.3. The van der Waals surface area contributed by atoms with Crippen LogP contribution in [0.5, 0.6) is 0 Å². The zero-order valence-corrected chi connectivity index (χ0v) is 17.2. The molecule has 0 unspecified atom stereocenters. The number of fused-ring (bicyclic) bond motifs is 1. The Hall–Kier alpha value is -2.56. The normalized spacial score (nSPS) is 20.4. The molecule has 1 fully saturated rings. The molecule has 0 spiro atoms. The van der Waals surface area contributed by atoms with Crippen molar-refractivity contribution in [2.24, 2.45) is 0 Å². The molecule has 2 heterocycles. The lowest BCUT2D eigenvalue weighted by Crippen LogP contribution is -2.40. The maximum Gasteiger partial charge on any atom is 0.243 e. The summed E-state index contributed by atoms with van der Waals surface area (Å²) < 4.78 is 29.5. The van der Waals surface area contributed by atoms with Crippen LogP contribution >= 0.6 is 0 Å². The number of nitrogens with zero attached hydrogens (tertiary/aromatic N) is 5. The number of benzene rings is 1. The molecule has 154 valence electrons. The summed E-state index contributed by atoms with van der Waals surface area (Å²) in [6.45, 7) is 1.90. The van der Waals surface area contributed by atoms with Crippen LogP contribution in [0.3, 0.4) is 0 Å². The fourth-order valence-corrected chi connectivity index (χ4v) is 5.28. The molecule has 1 aliphatic carbocycles. The molecule has 9 nitrogen and oxygen atoms in total. The molecular weight excluding hydrogens is 392 g/mol. The van der Waals surface area contributed by atoms with Gasteiger partial charge in [-0.1, -0.05) is 6.07 Å². The smallest absolute Gasteiger partial charge is 0.243 e. The first-order valence-electron chi connectivity index (χ1n) is 9.50. The summed E-state index contributed by atoms with van der Waals surface area (Å²) in [5.74, 6) is 0.256. The number of aromatic nitrogens is 4. The first kappa shape index (κ1) is 19.7. The topological polar surface area (TPSA) is 127 Å². The number of sulfonamides is 1. The molecule has 3 N–H and O–H groups in total. The summed E-state index contributed by atoms with van der Waals surface area (Å²) in [4.78, 5) is 8.42. The average molecular weight is 417 g/mol. The predicted octanol–water partition coefficient (Wildman–Crippen LogP) is 1.61. The molecule has 1 aliphatic rings. The fraction of sp³-hybridized carbons (Fsp3) is 0.421. The van der Waals surface area contributed by atoms with Crippen molar-refractivity contribution >= 4 is 21.5 Å². The molecule has 4 rings (SSSR count). The summed E-state index contributed by atoms with van der Waals surface area (Å²) in [5, 5.41) is 13.9. The Morgan fingerprint density at radius 2 is 1.93 bits per heavy atom. The average Bonchev–Trinajstić information content (AvgIpc) is 3.13. The van der Waals surface area contributed by atoms with E-state index in [1.807, 2.05) is 6.92 Å². The molecular formula is C19H24N6O3S. The van der Waals surface area contributed by atoms with Crippen molar-refractivity contribution in [1.82, 2.24) is 23.9 Å². The van der Waals surface area contributed by atoms with Crippen LogP contribution in [0.1, 0.15) is 31.2 Å². The van der Waals surface area contributed by atoms with Gasteiger partial charge in [-0.15, -0.1) is 0 Å². The van der Waals surface area contributed by atoms with Crippen LogP contribution < -0.4 is 5.73 Å². The van der Waals surface area contributed by atoms with E-state index in [4.69, 9.17) is 5.73 Å². The highest BCUT2D eigenvalue weighted by molar-refractivity contribution is 7.89. The summed E-state index contributed by atoms with van der Waals surface area (Å²) >= 11 is 0. The molecule has 3 aromatic rings. The number of rotatable bonds is 4. The third-order valence-corrected chi connectivity index (χ3v) is 7.58. The van der Waals surface area contributed by atoms with Crippen LogP contribution in [-0.2, 0) is 10.0 Å². The van der Waals surface area contributed by atoms with E-state index in [1.165, 1.54) is 10.6 Å². The highest BCUT2D eigenvalue weighted by Crippen LogP contribution is 2.31. The second kappa shape index (κ2) is 7.36. The maximum atomic E-state index is 13.3. The van der Waals surface area contributed by atoms with E-state index in [-0.39, 0.29) is 22.9 Å². The van der Waals surface area contributed by atoms with Crippen molar-refractivity contribution in [3.8, 4) is 11.3 Å². The standard InChI is InChI=1S/C19H24N6O3S/c1-12-3-8-15(29(27,28)24(2)13-4-6-14(26)7-5-13)9-16(12)17-10-21-19-18(20)22-11-23-25(17)19/h3,8-11,13-14,26H,4-7H2,1-2H3,(H2,20,22,23)/t13-,14-. The summed E-state index contributed by atoms with van der Waals surface area (Å²) in [6.07, 6.45) is 5.16. The summed E-state index contributed by atoms with van der Waals surface area (Å²) in [6, 6.07) is 4.94. The molecule has 0 saturated heterocycles. The number of imidazole rings is 1. The Kier molecular flexibility index (Phi) is 5.01. The predicted molar refractivity (Wildman–Crippen MR) is 109 cm³/mol. The third-order valence-electron chi connectivity index (χ3n) is 5.67. The second-order valence-corrected chi connectivity index (χ2v) is 9.48. The van der Waals surface area contributed by atoms with Gasteiger partial charge in [0.25, 0.3) is 0 Å². The first-order valence-corrected chi connectivity index (χ1v) is 10.9. The quantitative estimate of drug-likeness (QED) is 0.661. The minimum Gasteiger partial charge on any atom is -0.393 e. The van der Waals surface area contributed by atoms with Crippen molar-refractivity contribution in [3.63, 3.8) is 0 Å². The van der Waals surface area contributed by atoms with Gasteiger partial charge in [0.05, 0.1) is 22.9 Å². The van der Waals surface area contributed by atoms with E-state index >= 15 is 0 Å². The van der Waals surface area contributed by atoms with Gasteiger partial charge in [-0.05, 0) is 50.3 Å². The van der Waals surface area contributed by atoms with Crippen LogP contribution in [-0.4, -0.2) is 56.6 Å². The molecule has 0 atom stereocenters. The SMILES string of the molecule is Cc1ccc(S(=O)(=O)N(C)[C@H]2CC[C@H](O)CC2)cc1-c1cnc2c(N)ncnn12. The van der Waals surface area contributed by atoms with Gasteiger partial charge in [-0.3, -0.25) is 0 Å². The third kappa shape index (κ3) is 3.47. The van der Waals surface area contributed by atoms with Crippen molar-refractivity contribution in [1.29, 1.82) is 0 Å². The lowest BCUT2D eigenvalue weighted by Gasteiger charge is -2.32. The van der Waals surface area contributed by atoms with E-state index in [0.717, 1.165) is 5.56 Å². The fourth-order valence-electron chi connectivity index (χ4n) is 3.84. The minimum absolute atomic E-state index is 0.114. The van der Waals surface area contributed by atoms with Crippen LogP contribution in [0.25, 0.3) is 16.9 Å². The van der Waals surface area contributed by atoms with Gasteiger partial charge in [0.15, 0.2) is 11.5 Å². The van der Waals surface area contributed by atoms with Crippen LogP contribution in [0, 0.1) is 6.92 Å². The van der Waals surface area contributed by atoms with E-state index in [9.17, 15) is 13.5 Å². The molecule has 1 saturated carbocycles. The first-order chi connectivity index (χ1) is 13.8. The van der Waals surface area contributed by atoms with Gasteiger partial charge in [0, 0.05) is 18.7 Å². The molecule has 29 heavy (non-hydrogen) atoms. The Bertz CT molecular complexity index is 1150. The molecule has 0 radical (unpaired) electrons. The Labute approximate surface area is 169 Å². The van der Waals surface area contributed by atoms with Gasteiger partial charge in [0.2, 0.25) is 10.0 Å². The Morgan fingerprint density at radius 1 is 1.21 bits per heavy atom. The number of aliphatic hydroxyl groups excluding tert-OH is 1. The monoisotopic (exact) mass is 416 g/mol. The number of aryl methyl sites for hydroxylation is 1. The number of hydrogen-bond acceptors (Lipinski definition) is 7. The number of aliphatic hydroxyl groups is 1. The largest absolute Gasteiger partial charge is 0.393 e.